The van der Waals surface area contributed by atoms with Gasteiger partial charge in [0.15, 0.2) is 0 Å². The predicted molar refractivity (Wildman–Crippen MR) is 207 cm³/mol. The highest BCUT2D eigenvalue weighted by Crippen LogP contribution is 2.46. The van der Waals surface area contributed by atoms with E-state index in [-0.39, 0.29) is 18.1 Å². The average molecular weight is 656 g/mol. The van der Waals surface area contributed by atoms with Gasteiger partial charge < -0.3 is 10.1 Å². The van der Waals surface area contributed by atoms with Crippen molar-refractivity contribution in [3.63, 3.8) is 0 Å². The molecule has 0 saturated carbocycles. The normalized spacial score (nSPS) is 18.7. The number of para-hydroxylation sites is 2. The zero-order chi connectivity index (χ0) is 33.7. The van der Waals surface area contributed by atoms with Gasteiger partial charge in [0.25, 0.3) is 0 Å². The first kappa shape index (κ1) is 29.4. The molecule has 3 atom stereocenters. The summed E-state index contributed by atoms with van der Waals surface area (Å²) in [4.78, 5) is 10.7. The van der Waals surface area contributed by atoms with E-state index in [2.05, 4.69) is 169 Å². The minimum absolute atomic E-state index is 0.0694. The largest absolute Gasteiger partial charge is 0.485 e. The van der Waals surface area contributed by atoms with E-state index in [1.54, 1.807) is 0 Å². The summed E-state index contributed by atoms with van der Waals surface area (Å²) in [5.41, 5.74) is 11.0. The Morgan fingerprint density at radius 1 is 0.569 bits per heavy atom. The van der Waals surface area contributed by atoms with Gasteiger partial charge in [-0.15, -0.1) is 0 Å². The monoisotopic (exact) mass is 655 g/mol. The van der Waals surface area contributed by atoms with E-state index in [9.17, 15) is 0 Å². The second-order valence-corrected chi connectivity index (χ2v) is 13.3. The number of aliphatic imine (C=N–C) groups is 1. The van der Waals surface area contributed by atoms with Crippen molar-refractivity contribution >= 4 is 34.1 Å². The summed E-state index contributed by atoms with van der Waals surface area (Å²) in [6.45, 7) is 0. The molecule has 4 nitrogen and oxygen atoms in total. The molecule has 242 valence electrons. The molecule has 0 fully saturated rings. The van der Waals surface area contributed by atoms with Gasteiger partial charge in [0, 0.05) is 33.0 Å². The maximum absolute atomic E-state index is 6.71. The van der Waals surface area contributed by atoms with Crippen molar-refractivity contribution in [3.05, 3.63) is 208 Å². The number of pyridine rings is 1. The van der Waals surface area contributed by atoms with Crippen molar-refractivity contribution in [2.75, 3.05) is 0 Å². The lowest BCUT2D eigenvalue weighted by Gasteiger charge is -2.26. The maximum atomic E-state index is 6.71. The third kappa shape index (κ3) is 5.07. The van der Waals surface area contributed by atoms with E-state index >= 15 is 0 Å². The third-order valence-corrected chi connectivity index (χ3v) is 10.3. The smallest absolute Gasteiger partial charge is 0.133 e. The van der Waals surface area contributed by atoms with Gasteiger partial charge in [-0.25, -0.2) is 4.98 Å². The van der Waals surface area contributed by atoms with Crippen molar-refractivity contribution in [1.29, 1.82) is 0 Å². The molecule has 6 aromatic carbocycles. The Balaban J connectivity index is 1.19. The van der Waals surface area contributed by atoms with Crippen LogP contribution in [0.1, 0.15) is 39.8 Å². The van der Waals surface area contributed by atoms with Gasteiger partial charge in [0.2, 0.25) is 0 Å². The molecule has 4 heteroatoms. The van der Waals surface area contributed by atoms with Crippen LogP contribution in [0, 0.1) is 0 Å². The standard InChI is InChI=1S/C47H33N3O/c1-4-15-30(16-5-1)39-29-40(31-17-6-2-7-18-31)50-47(49-39)34-22-14-21-33(27-34)46-37-28-42-45(36-24-11-13-26-41(36)51-42)43(32-19-8-3-9-20-32)44(37)35-23-10-12-25-38(35)48-46/h1-29,39,42,45H,(H,49,50). The Morgan fingerprint density at radius 3 is 2.06 bits per heavy atom. The van der Waals surface area contributed by atoms with Gasteiger partial charge in [-0.05, 0) is 57.8 Å². The molecule has 3 unspecified atom stereocenters. The SMILES string of the molecule is C1=C(c2ccccc2)NC(c2cccc(-c3nc4ccccc4c4c3=CC3Oc5ccccc5C3C=4c3ccccc3)c2)=NC1c1ccccc1. The van der Waals surface area contributed by atoms with Crippen molar-refractivity contribution < 1.29 is 4.74 Å². The Morgan fingerprint density at radius 2 is 1.24 bits per heavy atom. The molecule has 0 amide bonds. The number of amidine groups is 1. The molecule has 0 spiro atoms. The number of hydrogen-bond acceptors (Lipinski definition) is 4. The second kappa shape index (κ2) is 12.1. The Kier molecular flexibility index (Phi) is 6.98. The minimum atomic E-state index is -0.149. The molecule has 0 saturated heterocycles. The van der Waals surface area contributed by atoms with E-state index in [4.69, 9.17) is 14.7 Å². The van der Waals surface area contributed by atoms with Crippen LogP contribution < -0.4 is 20.5 Å². The highest BCUT2D eigenvalue weighted by atomic mass is 16.5. The number of fused-ring (bicyclic) bond motifs is 6. The van der Waals surface area contributed by atoms with Crippen molar-refractivity contribution in [3.8, 4) is 17.0 Å². The van der Waals surface area contributed by atoms with E-state index in [1.807, 2.05) is 12.1 Å². The summed E-state index contributed by atoms with van der Waals surface area (Å²) >= 11 is 0. The summed E-state index contributed by atoms with van der Waals surface area (Å²) in [6, 6.07) is 57.3. The lowest BCUT2D eigenvalue weighted by Crippen LogP contribution is -2.40. The fourth-order valence-electron chi connectivity index (χ4n) is 7.95. The highest BCUT2D eigenvalue weighted by molar-refractivity contribution is 6.05. The van der Waals surface area contributed by atoms with E-state index in [0.717, 1.165) is 61.4 Å². The molecule has 7 aromatic rings. The molecule has 10 rings (SSSR count). The van der Waals surface area contributed by atoms with Crippen molar-refractivity contribution in [2.45, 2.75) is 18.1 Å². The van der Waals surface area contributed by atoms with Gasteiger partial charge >= 0.3 is 0 Å². The maximum Gasteiger partial charge on any atom is 0.133 e. The zero-order valence-electron chi connectivity index (χ0n) is 27.8. The van der Waals surface area contributed by atoms with Crippen molar-refractivity contribution in [1.82, 2.24) is 10.3 Å². The quantitative estimate of drug-likeness (QED) is 0.202. The van der Waals surface area contributed by atoms with Crippen LogP contribution in [0.15, 0.2) is 175 Å². The van der Waals surface area contributed by atoms with Crippen LogP contribution in [-0.2, 0) is 0 Å². The van der Waals surface area contributed by atoms with E-state index in [1.165, 1.54) is 21.9 Å². The zero-order valence-corrected chi connectivity index (χ0v) is 27.8. The minimum Gasteiger partial charge on any atom is -0.485 e. The molecule has 1 aliphatic carbocycles. The molecular formula is C47H33N3O. The first-order valence-corrected chi connectivity index (χ1v) is 17.5. The summed E-state index contributed by atoms with van der Waals surface area (Å²) in [5, 5.41) is 7.15. The molecule has 1 aromatic heterocycles. The second-order valence-electron chi connectivity index (χ2n) is 13.3. The fraction of sp³-hybridized carbons (Fsp3) is 0.0638. The topological polar surface area (TPSA) is 46.5 Å². The van der Waals surface area contributed by atoms with Gasteiger partial charge in [-0.1, -0.05) is 146 Å². The number of rotatable bonds is 5. The highest BCUT2D eigenvalue weighted by Gasteiger charge is 2.39. The van der Waals surface area contributed by atoms with Crippen LogP contribution in [0.2, 0.25) is 0 Å². The summed E-state index contributed by atoms with van der Waals surface area (Å²) in [7, 11) is 0. The Bertz CT molecular complexity index is 2650. The van der Waals surface area contributed by atoms with Crippen molar-refractivity contribution in [2.24, 2.45) is 4.99 Å². The molecule has 0 radical (unpaired) electrons. The number of benzene rings is 6. The Hall–Kier alpha value is -6.52. The van der Waals surface area contributed by atoms with Crippen LogP contribution >= 0.6 is 0 Å². The van der Waals surface area contributed by atoms with E-state index in [0.29, 0.717) is 0 Å². The van der Waals surface area contributed by atoms with Crippen LogP contribution in [0.4, 0.5) is 0 Å². The number of aromatic nitrogens is 1. The van der Waals surface area contributed by atoms with Gasteiger partial charge in [0.1, 0.15) is 17.7 Å². The predicted octanol–water partition coefficient (Wildman–Crippen LogP) is 8.57. The molecule has 0 bridgehead atoms. The molecule has 1 N–H and O–H groups in total. The van der Waals surface area contributed by atoms with Gasteiger partial charge in [0.05, 0.1) is 23.2 Å². The summed E-state index contributed by atoms with van der Waals surface area (Å²) < 4.78 is 6.71. The van der Waals surface area contributed by atoms with E-state index < -0.39 is 0 Å². The van der Waals surface area contributed by atoms with Gasteiger partial charge in [-0.3, -0.25) is 4.99 Å². The number of ether oxygens (including phenoxy) is 1. The number of nitrogens with one attached hydrogen (secondary N) is 1. The van der Waals surface area contributed by atoms with Crippen LogP contribution in [0.3, 0.4) is 0 Å². The van der Waals surface area contributed by atoms with Crippen LogP contribution in [-0.4, -0.2) is 16.9 Å². The molecule has 3 aliphatic rings. The Labute approximate surface area is 296 Å². The van der Waals surface area contributed by atoms with Crippen LogP contribution in [0.25, 0.3) is 39.5 Å². The molecule has 2 aliphatic heterocycles. The molecule has 3 heterocycles. The lowest BCUT2D eigenvalue weighted by atomic mass is 9.78. The van der Waals surface area contributed by atoms with Gasteiger partial charge in [-0.2, -0.15) is 0 Å². The fourth-order valence-corrected chi connectivity index (χ4v) is 7.95. The summed E-state index contributed by atoms with van der Waals surface area (Å²) in [6.07, 6.45) is 4.38. The molecule has 51 heavy (non-hydrogen) atoms. The first-order valence-electron chi connectivity index (χ1n) is 17.5. The first-order chi connectivity index (χ1) is 25.3. The van der Waals surface area contributed by atoms with Crippen LogP contribution in [0.5, 0.6) is 5.75 Å². The summed E-state index contributed by atoms with van der Waals surface area (Å²) in [5.74, 6) is 1.85. The number of hydrogen-bond donors (Lipinski definition) is 1. The third-order valence-electron chi connectivity index (χ3n) is 10.3. The lowest BCUT2D eigenvalue weighted by molar-refractivity contribution is 0.286. The molecular weight excluding hydrogens is 623 g/mol. The number of nitrogens with zero attached hydrogens (tertiary/aromatic N) is 2. The average Bonchev–Trinajstić information content (AvgIpc) is 3.59.